The standard InChI is InChI=1S/C12H9BrF2N4O2S/c1-22(20,21)19-9(8-5-17-18(6-8)12(14)15)2-7-4-16-11(13)3-10(7)19/h2-6,12H,1H3. The van der Waals surface area contributed by atoms with Gasteiger partial charge in [0.1, 0.15) is 4.60 Å². The lowest BCUT2D eigenvalue weighted by Gasteiger charge is -2.06. The van der Waals surface area contributed by atoms with Gasteiger partial charge in [0.2, 0.25) is 10.0 Å². The van der Waals surface area contributed by atoms with Gasteiger partial charge in [-0.15, -0.1) is 0 Å². The smallest absolute Gasteiger partial charge is 0.249 e. The van der Waals surface area contributed by atoms with Crippen LogP contribution in [0, 0.1) is 0 Å². The van der Waals surface area contributed by atoms with Crippen molar-refractivity contribution in [3.05, 3.63) is 35.3 Å². The molecule has 0 aliphatic rings. The van der Waals surface area contributed by atoms with E-state index in [1.54, 1.807) is 12.1 Å². The van der Waals surface area contributed by atoms with Crippen molar-refractivity contribution in [2.45, 2.75) is 6.55 Å². The number of nitrogens with zero attached hydrogens (tertiary/aromatic N) is 4. The van der Waals surface area contributed by atoms with Crippen LogP contribution in [0.25, 0.3) is 22.2 Å². The quantitative estimate of drug-likeness (QED) is 0.644. The first-order chi connectivity index (χ1) is 10.3. The Kier molecular flexibility index (Phi) is 3.52. The Hall–Kier alpha value is -1.81. The third kappa shape index (κ3) is 2.52. The first kappa shape index (κ1) is 15.1. The summed E-state index contributed by atoms with van der Waals surface area (Å²) in [4.78, 5) is 4.04. The number of rotatable bonds is 3. The molecule has 10 heteroatoms. The summed E-state index contributed by atoms with van der Waals surface area (Å²) in [5, 5.41) is 4.11. The molecule has 0 atom stereocenters. The van der Waals surface area contributed by atoms with Crippen LogP contribution in [-0.4, -0.2) is 33.4 Å². The average molecular weight is 391 g/mol. The molecule has 116 valence electrons. The van der Waals surface area contributed by atoms with E-state index < -0.39 is 16.6 Å². The number of aromatic nitrogens is 4. The SMILES string of the molecule is CS(=O)(=O)n1c(-c2cnn(C(F)F)c2)cc2cnc(Br)cc21. The Morgan fingerprint density at radius 3 is 2.59 bits per heavy atom. The number of pyridine rings is 1. The molecule has 0 N–H and O–H groups in total. The molecule has 0 aliphatic heterocycles. The van der Waals surface area contributed by atoms with Crippen LogP contribution in [0.15, 0.2) is 35.3 Å². The highest BCUT2D eigenvalue weighted by Crippen LogP contribution is 2.30. The summed E-state index contributed by atoms with van der Waals surface area (Å²) in [6.07, 6.45) is 4.84. The van der Waals surface area contributed by atoms with Crippen molar-refractivity contribution in [1.82, 2.24) is 18.7 Å². The zero-order valence-electron chi connectivity index (χ0n) is 11.1. The maximum Gasteiger partial charge on any atom is 0.333 e. The highest BCUT2D eigenvalue weighted by Gasteiger charge is 2.20. The molecular weight excluding hydrogens is 382 g/mol. The van der Waals surface area contributed by atoms with E-state index in [4.69, 9.17) is 0 Å². The third-order valence-corrected chi connectivity index (χ3v) is 4.53. The lowest BCUT2D eigenvalue weighted by molar-refractivity contribution is 0.0566. The summed E-state index contributed by atoms with van der Waals surface area (Å²) in [6, 6.07) is 3.13. The lowest BCUT2D eigenvalue weighted by atomic mass is 10.2. The van der Waals surface area contributed by atoms with Crippen molar-refractivity contribution in [3.8, 4) is 11.3 Å². The minimum atomic E-state index is -3.65. The minimum Gasteiger partial charge on any atom is -0.249 e. The van der Waals surface area contributed by atoms with E-state index in [1.807, 2.05) is 0 Å². The van der Waals surface area contributed by atoms with Crippen molar-refractivity contribution in [2.24, 2.45) is 0 Å². The van der Waals surface area contributed by atoms with Gasteiger partial charge in [-0.25, -0.2) is 22.1 Å². The van der Waals surface area contributed by atoms with E-state index in [1.165, 1.54) is 12.4 Å². The minimum absolute atomic E-state index is 0.254. The molecule has 0 saturated carbocycles. The number of alkyl halides is 2. The van der Waals surface area contributed by atoms with Gasteiger partial charge >= 0.3 is 6.55 Å². The van der Waals surface area contributed by atoms with E-state index in [0.717, 1.165) is 16.4 Å². The molecule has 3 rings (SSSR count). The largest absolute Gasteiger partial charge is 0.333 e. The Balaban J connectivity index is 2.33. The van der Waals surface area contributed by atoms with Gasteiger partial charge in [-0.2, -0.15) is 13.9 Å². The summed E-state index contributed by atoms with van der Waals surface area (Å²) in [5.41, 5.74) is 0.937. The second-order valence-corrected chi connectivity index (χ2v) is 7.25. The molecule has 0 spiro atoms. The first-order valence-corrected chi connectivity index (χ1v) is 8.62. The highest BCUT2D eigenvalue weighted by atomic mass is 79.9. The van der Waals surface area contributed by atoms with E-state index in [-0.39, 0.29) is 11.3 Å². The zero-order valence-corrected chi connectivity index (χ0v) is 13.5. The van der Waals surface area contributed by atoms with Crippen molar-refractivity contribution < 1.29 is 17.2 Å². The second kappa shape index (κ2) is 5.13. The van der Waals surface area contributed by atoms with Crippen molar-refractivity contribution in [2.75, 3.05) is 6.26 Å². The zero-order chi connectivity index (χ0) is 16.1. The van der Waals surface area contributed by atoms with Crippen molar-refractivity contribution >= 4 is 36.9 Å². The molecule has 0 radical (unpaired) electrons. The fraction of sp³-hybridized carbons (Fsp3) is 0.167. The Labute approximate surface area is 132 Å². The Bertz CT molecular complexity index is 965. The fourth-order valence-corrected chi connectivity index (χ4v) is 3.54. The van der Waals surface area contributed by atoms with E-state index in [9.17, 15) is 17.2 Å². The topological polar surface area (TPSA) is 69.8 Å². The first-order valence-electron chi connectivity index (χ1n) is 5.97. The molecule has 0 aliphatic carbocycles. The molecule has 0 fully saturated rings. The van der Waals surface area contributed by atoms with Crippen molar-refractivity contribution in [1.29, 1.82) is 0 Å². The summed E-state index contributed by atoms with van der Waals surface area (Å²) in [7, 11) is -3.65. The summed E-state index contributed by atoms with van der Waals surface area (Å²) in [5.74, 6) is 0. The average Bonchev–Trinajstić information content (AvgIpc) is 3.00. The molecule has 22 heavy (non-hydrogen) atoms. The summed E-state index contributed by atoms with van der Waals surface area (Å²) >= 11 is 3.19. The van der Waals surface area contributed by atoms with Gasteiger partial charge in [0, 0.05) is 23.3 Å². The number of fused-ring (bicyclic) bond motifs is 1. The van der Waals surface area contributed by atoms with Gasteiger partial charge in [-0.3, -0.25) is 0 Å². The van der Waals surface area contributed by atoms with Crippen LogP contribution >= 0.6 is 15.9 Å². The van der Waals surface area contributed by atoms with Gasteiger partial charge in [-0.1, -0.05) is 0 Å². The van der Waals surface area contributed by atoms with Crippen LogP contribution in [0.3, 0.4) is 0 Å². The molecule has 3 heterocycles. The van der Waals surface area contributed by atoms with Crippen LogP contribution in [0.1, 0.15) is 6.55 Å². The molecule has 6 nitrogen and oxygen atoms in total. The van der Waals surface area contributed by atoms with Gasteiger partial charge in [0.15, 0.2) is 0 Å². The maximum absolute atomic E-state index is 12.6. The second-order valence-electron chi connectivity index (χ2n) is 4.61. The van der Waals surface area contributed by atoms with Crippen LogP contribution in [-0.2, 0) is 10.0 Å². The lowest BCUT2D eigenvalue weighted by Crippen LogP contribution is -2.11. The molecule has 3 aromatic heterocycles. The Morgan fingerprint density at radius 2 is 2.00 bits per heavy atom. The molecule has 0 bridgehead atoms. The van der Waals surface area contributed by atoms with Crippen LogP contribution in [0.5, 0.6) is 0 Å². The van der Waals surface area contributed by atoms with Crippen LogP contribution < -0.4 is 0 Å². The molecular formula is C12H9BrF2N4O2S. The van der Waals surface area contributed by atoms with E-state index >= 15 is 0 Å². The number of hydrogen-bond donors (Lipinski definition) is 0. The normalized spacial score (nSPS) is 12.4. The van der Waals surface area contributed by atoms with Gasteiger partial charge in [-0.05, 0) is 28.1 Å². The monoisotopic (exact) mass is 390 g/mol. The van der Waals surface area contributed by atoms with Crippen molar-refractivity contribution in [3.63, 3.8) is 0 Å². The predicted molar refractivity (Wildman–Crippen MR) is 80.1 cm³/mol. The third-order valence-electron chi connectivity index (χ3n) is 3.04. The van der Waals surface area contributed by atoms with Gasteiger partial charge in [0.25, 0.3) is 0 Å². The molecule has 0 unspecified atom stereocenters. The van der Waals surface area contributed by atoms with E-state index in [2.05, 4.69) is 26.0 Å². The number of hydrogen-bond acceptors (Lipinski definition) is 4. The van der Waals surface area contributed by atoms with E-state index in [0.29, 0.717) is 20.2 Å². The molecule has 0 aromatic carbocycles. The number of halogens is 3. The molecule has 3 aromatic rings. The highest BCUT2D eigenvalue weighted by molar-refractivity contribution is 9.10. The predicted octanol–water partition coefficient (Wildman–Crippen LogP) is 2.87. The summed E-state index contributed by atoms with van der Waals surface area (Å²) in [6.45, 7) is -2.79. The van der Waals surface area contributed by atoms with Gasteiger partial charge in [0.05, 0.1) is 23.7 Å². The maximum atomic E-state index is 12.6. The fourth-order valence-electron chi connectivity index (χ4n) is 2.19. The Morgan fingerprint density at radius 1 is 1.27 bits per heavy atom. The summed E-state index contributed by atoms with van der Waals surface area (Å²) < 4.78 is 51.5. The van der Waals surface area contributed by atoms with Crippen LogP contribution in [0.4, 0.5) is 8.78 Å². The van der Waals surface area contributed by atoms with Gasteiger partial charge < -0.3 is 0 Å². The molecule has 0 amide bonds. The van der Waals surface area contributed by atoms with Crippen LogP contribution in [0.2, 0.25) is 0 Å². The molecule has 0 saturated heterocycles.